The summed E-state index contributed by atoms with van der Waals surface area (Å²) < 4.78 is 0. The molecule has 0 aliphatic carbocycles. The van der Waals surface area contributed by atoms with Gasteiger partial charge in [0, 0.05) is 13.1 Å². The fourth-order valence-electron chi connectivity index (χ4n) is 2.40. The van der Waals surface area contributed by atoms with Crippen molar-refractivity contribution in [1.29, 1.82) is 0 Å². The third-order valence-corrected chi connectivity index (χ3v) is 4.75. The maximum absolute atomic E-state index is 11.8. The van der Waals surface area contributed by atoms with E-state index in [2.05, 4.69) is 5.32 Å². The third-order valence-electron chi connectivity index (χ3n) is 4.02. The van der Waals surface area contributed by atoms with Crippen molar-refractivity contribution in [2.75, 3.05) is 6.54 Å². The lowest BCUT2D eigenvalue weighted by molar-refractivity contribution is -0.155. The molecule has 0 aliphatic heterocycles. The Kier molecular flexibility index (Phi) is 6.24. The number of carbonyl (C=O) groups is 1. The Morgan fingerprint density at radius 2 is 1.83 bits per heavy atom. The van der Waals surface area contributed by atoms with Gasteiger partial charge in [0.25, 0.3) is 0 Å². The summed E-state index contributed by atoms with van der Waals surface area (Å²) in [5.74, 6) is -1.10. The van der Waals surface area contributed by atoms with Crippen LogP contribution in [0.4, 0.5) is 0 Å². The average Bonchev–Trinajstić information content (AvgIpc) is 2.57. The van der Waals surface area contributed by atoms with Gasteiger partial charge in [0.2, 0.25) is 0 Å². The van der Waals surface area contributed by atoms with E-state index in [1.54, 1.807) is 12.1 Å². The van der Waals surface area contributed by atoms with Gasteiger partial charge in [-0.15, -0.1) is 0 Å². The van der Waals surface area contributed by atoms with E-state index in [-0.39, 0.29) is 11.6 Å². The van der Waals surface area contributed by atoms with Gasteiger partial charge in [-0.05, 0) is 30.2 Å². The first-order valence-electron chi connectivity index (χ1n) is 7.45. The Morgan fingerprint density at radius 1 is 1.17 bits per heavy atom. The summed E-state index contributed by atoms with van der Waals surface area (Å²) in [5.41, 5.74) is 0.0384. The Balaban J connectivity index is 2.13. The van der Waals surface area contributed by atoms with Crippen molar-refractivity contribution in [1.82, 2.24) is 5.32 Å². The van der Waals surface area contributed by atoms with E-state index in [0.717, 1.165) is 5.56 Å². The predicted molar refractivity (Wildman–Crippen MR) is 95.3 cm³/mol. The summed E-state index contributed by atoms with van der Waals surface area (Å²) in [7, 11) is 0. The van der Waals surface area contributed by atoms with Crippen molar-refractivity contribution in [3.05, 3.63) is 69.7 Å². The molecule has 2 rings (SSSR count). The number of hydrogen-bond donors (Lipinski definition) is 3. The van der Waals surface area contributed by atoms with Crippen LogP contribution >= 0.6 is 23.2 Å². The van der Waals surface area contributed by atoms with E-state index >= 15 is 0 Å². The van der Waals surface area contributed by atoms with Gasteiger partial charge in [0.05, 0.1) is 16.1 Å². The lowest BCUT2D eigenvalue weighted by atomic mass is 9.80. The first-order chi connectivity index (χ1) is 11.3. The van der Waals surface area contributed by atoms with Crippen molar-refractivity contribution < 1.29 is 15.0 Å². The van der Waals surface area contributed by atoms with Crippen LogP contribution in [-0.2, 0) is 11.3 Å². The van der Waals surface area contributed by atoms with Gasteiger partial charge < -0.3 is 15.5 Å². The molecule has 0 fully saturated rings. The summed E-state index contributed by atoms with van der Waals surface area (Å²) in [6, 6.07) is 14.3. The van der Waals surface area contributed by atoms with Gasteiger partial charge in [-0.3, -0.25) is 4.79 Å². The first kappa shape index (κ1) is 18.7. The van der Waals surface area contributed by atoms with Crippen molar-refractivity contribution in [2.45, 2.75) is 19.6 Å². The zero-order valence-corrected chi connectivity index (χ0v) is 14.7. The topological polar surface area (TPSA) is 69.6 Å². The third kappa shape index (κ3) is 4.28. The molecule has 0 saturated heterocycles. The van der Waals surface area contributed by atoms with Crippen LogP contribution in [0.25, 0.3) is 0 Å². The maximum Gasteiger partial charge on any atom is 0.313 e. The molecule has 0 aliphatic rings. The Bertz CT molecular complexity index is 709. The first-order valence-corrected chi connectivity index (χ1v) is 8.21. The van der Waals surface area contributed by atoms with E-state index in [4.69, 9.17) is 23.2 Å². The molecule has 3 N–H and O–H groups in total. The molecule has 24 heavy (non-hydrogen) atoms. The van der Waals surface area contributed by atoms with Crippen LogP contribution < -0.4 is 5.32 Å². The van der Waals surface area contributed by atoms with Crippen LogP contribution in [0.5, 0.6) is 0 Å². The molecule has 0 bridgehead atoms. The molecule has 0 aromatic heterocycles. The number of hydrogen-bond acceptors (Lipinski definition) is 3. The average molecular weight is 368 g/mol. The van der Waals surface area contributed by atoms with E-state index in [9.17, 15) is 15.0 Å². The van der Waals surface area contributed by atoms with Crippen LogP contribution in [0.3, 0.4) is 0 Å². The van der Waals surface area contributed by atoms with Crippen LogP contribution in [0.2, 0.25) is 10.0 Å². The van der Waals surface area contributed by atoms with E-state index in [0.29, 0.717) is 17.1 Å². The molecule has 0 spiro atoms. The molecule has 0 unspecified atom stereocenters. The van der Waals surface area contributed by atoms with Crippen molar-refractivity contribution >= 4 is 29.2 Å². The number of benzene rings is 2. The molecule has 6 heteroatoms. The van der Waals surface area contributed by atoms with Crippen LogP contribution in [-0.4, -0.2) is 22.7 Å². The van der Waals surface area contributed by atoms with Crippen LogP contribution in [0.15, 0.2) is 48.5 Å². The van der Waals surface area contributed by atoms with Crippen LogP contribution in [0.1, 0.15) is 24.2 Å². The number of nitrogens with one attached hydrogen (secondary N) is 1. The lowest BCUT2D eigenvalue weighted by Gasteiger charge is -2.31. The standard InChI is InChI=1S/C18H19Cl2NO3/c1-18(17(23)24,11-21-10-12-5-3-2-4-6-12)16(22)13-7-8-14(19)15(20)9-13/h2-9,16,21-22H,10-11H2,1H3,(H,23,24)/t16-,18+/m0/s1. The number of aliphatic hydroxyl groups excluding tert-OH is 1. The minimum atomic E-state index is -1.41. The number of rotatable bonds is 7. The molecule has 0 amide bonds. The second-order valence-electron chi connectivity index (χ2n) is 5.89. The minimum Gasteiger partial charge on any atom is -0.481 e. The molecule has 2 aromatic rings. The van der Waals surface area contributed by atoms with Crippen LogP contribution in [0, 0.1) is 5.41 Å². The molecule has 2 aromatic carbocycles. The normalized spacial score (nSPS) is 14.8. The largest absolute Gasteiger partial charge is 0.481 e. The van der Waals surface area contributed by atoms with E-state index in [1.807, 2.05) is 30.3 Å². The maximum atomic E-state index is 11.8. The summed E-state index contributed by atoms with van der Waals surface area (Å²) in [5, 5.41) is 24.0. The highest BCUT2D eigenvalue weighted by Gasteiger charge is 2.41. The van der Waals surface area contributed by atoms with Gasteiger partial charge in [0.15, 0.2) is 0 Å². The molecule has 0 heterocycles. The van der Waals surface area contributed by atoms with Crippen molar-refractivity contribution in [3.8, 4) is 0 Å². The molecular formula is C18H19Cl2NO3. The van der Waals surface area contributed by atoms with E-state index in [1.165, 1.54) is 13.0 Å². The minimum absolute atomic E-state index is 0.0959. The highest BCUT2D eigenvalue weighted by molar-refractivity contribution is 6.42. The summed E-state index contributed by atoms with van der Waals surface area (Å²) in [4.78, 5) is 11.8. The SMILES string of the molecule is C[C@](CNCc1ccccc1)(C(=O)O)[C@@H](O)c1ccc(Cl)c(Cl)c1. The zero-order valence-electron chi connectivity index (χ0n) is 13.2. The number of halogens is 2. The van der Waals surface area contributed by atoms with Gasteiger partial charge in [0.1, 0.15) is 5.41 Å². The Hall–Kier alpha value is -1.59. The number of aliphatic carboxylic acids is 1. The van der Waals surface area contributed by atoms with Gasteiger partial charge in [-0.2, -0.15) is 0 Å². The van der Waals surface area contributed by atoms with E-state index < -0.39 is 17.5 Å². The molecular weight excluding hydrogens is 349 g/mol. The van der Waals surface area contributed by atoms with Crippen molar-refractivity contribution in [3.63, 3.8) is 0 Å². The molecule has 0 radical (unpaired) electrons. The number of carboxylic acid groups (broad SMARTS) is 1. The quantitative estimate of drug-likeness (QED) is 0.693. The molecule has 128 valence electrons. The fraction of sp³-hybridized carbons (Fsp3) is 0.278. The smallest absolute Gasteiger partial charge is 0.313 e. The Morgan fingerprint density at radius 3 is 2.42 bits per heavy atom. The lowest BCUT2D eigenvalue weighted by Crippen LogP contribution is -2.43. The highest BCUT2D eigenvalue weighted by Crippen LogP contribution is 2.36. The number of aliphatic hydroxyl groups is 1. The number of carboxylic acids is 1. The fourth-order valence-corrected chi connectivity index (χ4v) is 2.71. The second-order valence-corrected chi connectivity index (χ2v) is 6.70. The summed E-state index contributed by atoms with van der Waals surface area (Å²) >= 11 is 11.8. The zero-order chi connectivity index (χ0) is 17.7. The molecule has 4 nitrogen and oxygen atoms in total. The van der Waals surface area contributed by atoms with Gasteiger partial charge >= 0.3 is 5.97 Å². The molecule has 2 atom stereocenters. The Labute approximate surface area is 151 Å². The second kappa shape index (κ2) is 7.99. The molecule has 0 saturated carbocycles. The summed E-state index contributed by atoms with van der Waals surface area (Å²) in [6.45, 7) is 2.11. The highest BCUT2D eigenvalue weighted by atomic mass is 35.5. The van der Waals surface area contributed by atoms with Gasteiger partial charge in [-0.1, -0.05) is 59.6 Å². The summed E-state index contributed by atoms with van der Waals surface area (Å²) in [6.07, 6.45) is -1.23. The monoisotopic (exact) mass is 367 g/mol. The van der Waals surface area contributed by atoms with Gasteiger partial charge in [-0.25, -0.2) is 0 Å². The predicted octanol–water partition coefficient (Wildman–Crippen LogP) is 3.91. The van der Waals surface area contributed by atoms with Crippen molar-refractivity contribution in [2.24, 2.45) is 5.41 Å².